The molecule has 0 saturated heterocycles. The number of rotatable bonds is 4. The van der Waals surface area contributed by atoms with E-state index in [4.69, 9.17) is 32.6 Å². The third-order valence-corrected chi connectivity index (χ3v) is 6.42. The molecule has 2 heterocycles. The molecule has 32 heavy (non-hydrogen) atoms. The van der Waals surface area contributed by atoms with Crippen LogP contribution in [-0.2, 0) is 0 Å². The Balaban J connectivity index is 1.54. The summed E-state index contributed by atoms with van der Waals surface area (Å²) in [5, 5.41) is 6.13. The molecule has 2 aromatic carbocycles. The lowest BCUT2D eigenvalue weighted by atomic mass is 9.88. The van der Waals surface area contributed by atoms with E-state index in [1.54, 1.807) is 30.5 Å². The Labute approximate surface area is 195 Å². The molecule has 0 N–H and O–H groups in total. The number of hydrogen-bond donors (Lipinski definition) is 0. The van der Waals surface area contributed by atoms with Gasteiger partial charge in [-0.15, -0.1) is 0 Å². The van der Waals surface area contributed by atoms with Gasteiger partial charge in [0.25, 0.3) is 5.56 Å². The molecule has 162 valence electrons. The van der Waals surface area contributed by atoms with Gasteiger partial charge in [0.1, 0.15) is 17.3 Å². The molecule has 5 rings (SSSR count). The minimum Gasteiger partial charge on any atom is -0.455 e. The van der Waals surface area contributed by atoms with Crippen LogP contribution < -0.4 is 5.56 Å². The predicted octanol–water partition coefficient (Wildman–Crippen LogP) is 6.89. The lowest BCUT2D eigenvalue weighted by molar-refractivity contribution is 0.416. The number of hydrogen-bond acceptors (Lipinski definition) is 4. The van der Waals surface area contributed by atoms with Gasteiger partial charge in [-0.25, -0.2) is 4.98 Å². The standard InChI is InChI=1S/C25H21Cl2N3O2/c26-17-10-12-19(21(27)14-17)23-13-11-18(32-23)15-28-30-24(16-6-2-1-3-7-16)29-22-9-5-4-8-20(22)25(30)31/h4-5,8-16H,1-3,6-7H2. The summed E-state index contributed by atoms with van der Waals surface area (Å²) in [5.41, 5.74) is 1.28. The fraction of sp³-hybridized carbons (Fsp3) is 0.240. The largest absolute Gasteiger partial charge is 0.455 e. The van der Waals surface area contributed by atoms with E-state index >= 15 is 0 Å². The van der Waals surface area contributed by atoms with Gasteiger partial charge in [-0.1, -0.05) is 54.6 Å². The van der Waals surface area contributed by atoms with Gasteiger partial charge in [0, 0.05) is 16.5 Å². The normalized spacial score (nSPS) is 15.1. The van der Waals surface area contributed by atoms with Gasteiger partial charge in [0.15, 0.2) is 0 Å². The maximum atomic E-state index is 13.3. The Hall–Kier alpha value is -2.89. The van der Waals surface area contributed by atoms with Crippen LogP contribution in [-0.4, -0.2) is 15.9 Å². The maximum Gasteiger partial charge on any atom is 0.282 e. The highest BCUT2D eigenvalue weighted by Crippen LogP contribution is 2.33. The van der Waals surface area contributed by atoms with Crippen LogP contribution in [0.5, 0.6) is 0 Å². The van der Waals surface area contributed by atoms with Gasteiger partial charge in [0.2, 0.25) is 0 Å². The molecule has 1 aliphatic carbocycles. The third-order valence-electron chi connectivity index (χ3n) is 5.87. The van der Waals surface area contributed by atoms with Crippen molar-refractivity contribution in [2.45, 2.75) is 38.0 Å². The van der Waals surface area contributed by atoms with Crippen LogP contribution in [0.25, 0.3) is 22.2 Å². The van der Waals surface area contributed by atoms with Crippen molar-refractivity contribution in [2.75, 3.05) is 0 Å². The Morgan fingerprint density at radius 1 is 1.03 bits per heavy atom. The quantitative estimate of drug-likeness (QED) is 0.308. The molecule has 0 atom stereocenters. The first-order valence-electron chi connectivity index (χ1n) is 10.7. The summed E-state index contributed by atoms with van der Waals surface area (Å²) in [5.74, 6) is 2.06. The van der Waals surface area contributed by atoms with E-state index < -0.39 is 0 Å². The van der Waals surface area contributed by atoms with Crippen LogP contribution in [0.3, 0.4) is 0 Å². The van der Waals surface area contributed by atoms with Crippen molar-refractivity contribution >= 4 is 40.3 Å². The second-order valence-electron chi connectivity index (χ2n) is 8.01. The fourth-order valence-electron chi connectivity index (χ4n) is 4.25. The summed E-state index contributed by atoms with van der Waals surface area (Å²) < 4.78 is 7.35. The summed E-state index contributed by atoms with van der Waals surface area (Å²) in [6, 6.07) is 16.3. The highest BCUT2D eigenvalue weighted by atomic mass is 35.5. The first kappa shape index (κ1) is 21.0. The van der Waals surface area contributed by atoms with Crippen molar-refractivity contribution in [3.05, 3.63) is 86.6 Å². The highest BCUT2D eigenvalue weighted by Gasteiger charge is 2.22. The van der Waals surface area contributed by atoms with Gasteiger partial charge < -0.3 is 4.42 Å². The number of halogens is 2. The van der Waals surface area contributed by atoms with Gasteiger partial charge in [-0.2, -0.15) is 9.78 Å². The monoisotopic (exact) mass is 465 g/mol. The Morgan fingerprint density at radius 2 is 1.84 bits per heavy atom. The topological polar surface area (TPSA) is 60.4 Å². The second kappa shape index (κ2) is 8.93. The number of furan rings is 1. The molecule has 0 bridgehead atoms. The lowest BCUT2D eigenvalue weighted by Crippen LogP contribution is -2.25. The molecule has 5 nitrogen and oxygen atoms in total. The zero-order valence-electron chi connectivity index (χ0n) is 17.3. The minimum atomic E-state index is -0.167. The van der Waals surface area contributed by atoms with Crippen LogP contribution in [0.4, 0.5) is 0 Å². The summed E-state index contributed by atoms with van der Waals surface area (Å²) >= 11 is 12.3. The van der Waals surface area contributed by atoms with E-state index in [0.29, 0.717) is 32.5 Å². The van der Waals surface area contributed by atoms with E-state index in [2.05, 4.69) is 5.10 Å². The van der Waals surface area contributed by atoms with Crippen molar-refractivity contribution in [1.29, 1.82) is 0 Å². The lowest BCUT2D eigenvalue weighted by Gasteiger charge is -2.22. The maximum absolute atomic E-state index is 13.3. The number of para-hydroxylation sites is 1. The number of fused-ring (bicyclic) bond motifs is 1. The molecular weight excluding hydrogens is 445 g/mol. The third kappa shape index (κ3) is 4.10. The zero-order chi connectivity index (χ0) is 22.1. The van der Waals surface area contributed by atoms with Gasteiger partial charge in [-0.3, -0.25) is 4.79 Å². The van der Waals surface area contributed by atoms with Crippen LogP contribution in [0.15, 0.2) is 68.9 Å². The highest BCUT2D eigenvalue weighted by molar-refractivity contribution is 6.36. The summed E-state index contributed by atoms with van der Waals surface area (Å²) in [7, 11) is 0. The summed E-state index contributed by atoms with van der Waals surface area (Å²) in [6.45, 7) is 0. The van der Waals surface area contributed by atoms with Gasteiger partial charge in [-0.05, 0) is 55.3 Å². The van der Waals surface area contributed by atoms with Crippen LogP contribution in [0.1, 0.15) is 49.6 Å². The average molecular weight is 466 g/mol. The Bertz CT molecular complexity index is 1370. The van der Waals surface area contributed by atoms with Crippen molar-refractivity contribution in [1.82, 2.24) is 9.66 Å². The molecular formula is C25H21Cl2N3O2. The molecule has 0 radical (unpaired) electrons. The molecule has 0 spiro atoms. The average Bonchev–Trinajstić information content (AvgIpc) is 3.27. The van der Waals surface area contributed by atoms with E-state index in [-0.39, 0.29) is 11.5 Å². The van der Waals surface area contributed by atoms with E-state index in [1.165, 1.54) is 11.1 Å². The molecule has 1 saturated carbocycles. The summed E-state index contributed by atoms with van der Waals surface area (Å²) in [6.07, 6.45) is 7.08. The van der Waals surface area contributed by atoms with Crippen LogP contribution in [0, 0.1) is 0 Å². The fourth-order valence-corrected chi connectivity index (χ4v) is 4.75. The smallest absolute Gasteiger partial charge is 0.282 e. The van der Waals surface area contributed by atoms with Crippen LogP contribution in [0.2, 0.25) is 10.0 Å². The molecule has 7 heteroatoms. The Morgan fingerprint density at radius 3 is 2.66 bits per heavy atom. The SMILES string of the molecule is O=c1c2ccccc2nc(C2CCCCC2)n1N=Cc1ccc(-c2ccc(Cl)cc2Cl)o1. The van der Waals surface area contributed by atoms with Gasteiger partial charge >= 0.3 is 0 Å². The first-order chi connectivity index (χ1) is 15.6. The number of aromatic nitrogens is 2. The van der Waals surface area contributed by atoms with Gasteiger partial charge in [0.05, 0.1) is 22.1 Å². The number of benzene rings is 2. The predicted molar refractivity (Wildman–Crippen MR) is 129 cm³/mol. The minimum absolute atomic E-state index is 0.167. The van der Waals surface area contributed by atoms with E-state index in [9.17, 15) is 4.79 Å². The van der Waals surface area contributed by atoms with E-state index in [1.807, 2.05) is 30.3 Å². The Kier molecular flexibility index (Phi) is 5.85. The molecule has 0 amide bonds. The van der Waals surface area contributed by atoms with Crippen LogP contribution >= 0.6 is 23.2 Å². The van der Waals surface area contributed by atoms with Crippen molar-refractivity contribution in [3.8, 4) is 11.3 Å². The first-order valence-corrected chi connectivity index (χ1v) is 11.5. The molecule has 2 aromatic heterocycles. The second-order valence-corrected chi connectivity index (χ2v) is 8.85. The van der Waals surface area contributed by atoms with Crippen molar-refractivity contribution in [2.24, 2.45) is 5.10 Å². The molecule has 0 aliphatic heterocycles. The molecule has 4 aromatic rings. The number of nitrogens with zero attached hydrogens (tertiary/aromatic N) is 3. The van der Waals surface area contributed by atoms with Crippen molar-refractivity contribution in [3.63, 3.8) is 0 Å². The molecule has 1 fully saturated rings. The van der Waals surface area contributed by atoms with Crippen molar-refractivity contribution < 1.29 is 4.42 Å². The molecule has 1 aliphatic rings. The molecule has 0 unspecified atom stereocenters. The zero-order valence-corrected chi connectivity index (χ0v) is 18.8. The van der Waals surface area contributed by atoms with E-state index in [0.717, 1.165) is 37.1 Å². The summed E-state index contributed by atoms with van der Waals surface area (Å²) in [4.78, 5) is 18.1.